The molecule has 0 spiro atoms. The third kappa shape index (κ3) is 4.76. The number of carbonyl (C=O) groups is 1. The van der Waals surface area contributed by atoms with Gasteiger partial charge >= 0.3 is 5.97 Å². The number of benzene rings is 2. The molecular formula is C30H29Cl2FN2O5S. The van der Waals surface area contributed by atoms with Crippen LogP contribution in [0.25, 0.3) is 21.5 Å². The van der Waals surface area contributed by atoms with Crippen LogP contribution in [0, 0.1) is 23.6 Å². The largest absolute Gasteiger partial charge is 0.478 e. The van der Waals surface area contributed by atoms with Gasteiger partial charge < -0.3 is 19.5 Å². The molecule has 2 aromatic heterocycles. The summed E-state index contributed by atoms with van der Waals surface area (Å²) in [4.78, 5) is 15.9. The molecule has 2 bridgehead atoms. The van der Waals surface area contributed by atoms with Gasteiger partial charge in [-0.2, -0.15) is 0 Å². The molecule has 0 radical (unpaired) electrons. The Kier molecular flexibility index (Phi) is 7.39. The predicted octanol–water partition coefficient (Wildman–Crippen LogP) is 8.06. The zero-order valence-corrected chi connectivity index (χ0v) is 25.0. The van der Waals surface area contributed by atoms with Gasteiger partial charge in [-0.05, 0) is 61.3 Å². The smallest absolute Gasteiger partial charge is 0.335 e. The number of thiazole rings is 1. The Morgan fingerprint density at radius 2 is 1.98 bits per heavy atom. The lowest BCUT2D eigenvalue weighted by atomic mass is 9.72. The van der Waals surface area contributed by atoms with Crippen molar-refractivity contribution in [3.8, 4) is 11.3 Å². The summed E-state index contributed by atoms with van der Waals surface area (Å²) in [5.41, 5.74) is 0.670. The summed E-state index contributed by atoms with van der Waals surface area (Å²) < 4.78 is 27.4. The molecule has 1 unspecified atom stereocenters. The number of nitrogens with zero attached hydrogens (tertiary/aromatic N) is 2. The molecule has 2 N–H and O–H groups in total. The summed E-state index contributed by atoms with van der Waals surface area (Å²) in [6.07, 6.45) is 1.84. The number of fused-ring (bicyclic) bond motifs is 3. The van der Waals surface area contributed by atoms with E-state index in [0.29, 0.717) is 49.6 Å². The fourth-order valence-electron chi connectivity index (χ4n) is 6.70. The maximum absolute atomic E-state index is 14.7. The van der Waals surface area contributed by atoms with Gasteiger partial charge in [-0.15, -0.1) is 11.3 Å². The molecule has 11 heteroatoms. The van der Waals surface area contributed by atoms with Crippen molar-refractivity contribution in [1.82, 2.24) is 10.1 Å². The van der Waals surface area contributed by atoms with Crippen LogP contribution in [0.4, 0.5) is 4.39 Å². The molecule has 2 heterocycles. The van der Waals surface area contributed by atoms with Gasteiger partial charge in [0.25, 0.3) is 0 Å². The number of hydrogen-bond acceptors (Lipinski definition) is 7. The minimum Gasteiger partial charge on any atom is -0.478 e. The van der Waals surface area contributed by atoms with Crippen LogP contribution in [0.2, 0.25) is 10.0 Å². The Hall–Kier alpha value is -2.56. The summed E-state index contributed by atoms with van der Waals surface area (Å²) in [5.74, 6) is -1.25. The number of carboxylic acid groups (broad SMARTS) is 1. The van der Waals surface area contributed by atoms with Gasteiger partial charge in [-0.25, -0.2) is 14.2 Å². The lowest BCUT2D eigenvalue weighted by molar-refractivity contribution is -0.120. The molecule has 2 aliphatic rings. The molecule has 2 saturated carbocycles. The summed E-state index contributed by atoms with van der Waals surface area (Å²) in [6, 6.07) is 7.68. The first-order chi connectivity index (χ1) is 19.5. The quantitative estimate of drug-likeness (QED) is 0.216. The molecule has 41 heavy (non-hydrogen) atoms. The Morgan fingerprint density at radius 3 is 2.63 bits per heavy atom. The zero-order valence-electron chi connectivity index (χ0n) is 22.7. The molecule has 0 saturated heterocycles. The summed E-state index contributed by atoms with van der Waals surface area (Å²) in [7, 11) is 0. The van der Waals surface area contributed by atoms with E-state index in [-0.39, 0.29) is 47.5 Å². The fourth-order valence-corrected chi connectivity index (χ4v) is 8.53. The SMILES string of the molecule is CC(C)c1onc(-c2c(Cl)cccc2Cl)c1CO[C@@H]1CC2C[C@H](C)[C@@H](C1)[C@]2(O)c1nc2c(F)cc(C(=O)O)cc2s1. The average Bonchev–Trinajstić information content (AvgIpc) is 3.56. The topological polar surface area (TPSA) is 106 Å². The summed E-state index contributed by atoms with van der Waals surface area (Å²) in [6.45, 7) is 6.40. The molecule has 2 aliphatic carbocycles. The molecule has 5 atom stereocenters. The van der Waals surface area contributed by atoms with E-state index >= 15 is 0 Å². The third-order valence-corrected chi connectivity index (χ3v) is 10.4. The number of aromatic carboxylic acids is 1. The number of aromatic nitrogens is 2. The molecule has 216 valence electrons. The minimum atomic E-state index is -1.24. The van der Waals surface area contributed by atoms with Crippen molar-refractivity contribution in [3.05, 3.63) is 68.1 Å². The monoisotopic (exact) mass is 618 g/mol. The second-order valence-corrected chi connectivity index (χ2v) is 13.3. The number of rotatable bonds is 7. The maximum Gasteiger partial charge on any atom is 0.335 e. The number of carboxylic acids is 1. The van der Waals surface area contributed by atoms with Gasteiger partial charge in [-0.3, -0.25) is 0 Å². The first kappa shape index (κ1) is 28.6. The van der Waals surface area contributed by atoms with Crippen LogP contribution in [0.5, 0.6) is 0 Å². The second kappa shape index (κ2) is 10.6. The molecule has 2 aromatic carbocycles. The highest BCUT2D eigenvalue weighted by atomic mass is 35.5. The van der Waals surface area contributed by atoms with E-state index in [1.54, 1.807) is 18.2 Å². The van der Waals surface area contributed by atoms with Gasteiger partial charge in [0.15, 0.2) is 5.82 Å². The lowest BCUT2D eigenvalue weighted by Crippen LogP contribution is -2.45. The highest BCUT2D eigenvalue weighted by molar-refractivity contribution is 7.18. The second-order valence-electron chi connectivity index (χ2n) is 11.5. The molecule has 2 fully saturated rings. The van der Waals surface area contributed by atoms with E-state index in [4.69, 9.17) is 32.5 Å². The Bertz CT molecular complexity index is 1640. The average molecular weight is 620 g/mol. The number of hydrogen-bond donors (Lipinski definition) is 2. The van der Waals surface area contributed by atoms with E-state index in [2.05, 4.69) is 17.1 Å². The van der Waals surface area contributed by atoms with Crippen LogP contribution in [-0.2, 0) is 16.9 Å². The zero-order chi connectivity index (χ0) is 29.2. The molecule has 7 nitrogen and oxygen atoms in total. The maximum atomic E-state index is 14.7. The van der Waals surface area contributed by atoms with Crippen molar-refractivity contribution in [2.24, 2.45) is 17.8 Å². The third-order valence-electron chi connectivity index (χ3n) is 8.64. The van der Waals surface area contributed by atoms with E-state index in [1.807, 2.05) is 13.8 Å². The van der Waals surface area contributed by atoms with Crippen molar-refractivity contribution in [2.75, 3.05) is 0 Å². The van der Waals surface area contributed by atoms with Gasteiger partial charge in [-0.1, -0.05) is 55.2 Å². The normalized spacial score (nSPS) is 25.9. The molecule has 4 aromatic rings. The van der Waals surface area contributed by atoms with E-state index in [9.17, 15) is 19.4 Å². The minimum absolute atomic E-state index is 0.0600. The first-order valence-electron chi connectivity index (χ1n) is 13.6. The van der Waals surface area contributed by atoms with Gasteiger partial charge in [0.2, 0.25) is 0 Å². The first-order valence-corrected chi connectivity index (χ1v) is 15.2. The van der Waals surface area contributed by atoms with Crippen LogP contribution in [-0.4, -0.2) is 32.4 Å². The standard InChI is InChI=1S/C30H29Cl2FN2O5S/c1-13(2)27-18(25(35-40-27)24-20(31)5-4-6-21(24)32)12-39-17-10-16-7-14(3)19(11-17)30(16,38)29-34-26-22(33)8-15(28(36)37)9-23(26)41-29/h4-6,8-9,13-14,16-17,19,38H,7,10-12H2,1-3H3,(H,36,37)/t14-,16?,17+,19+,30-/m0/s1. The number of aliphatic hydroxyl groups is 1. The van der Waals surface area contributed by atoms with Crippen LogP contribution in [0.1, 0.15) is 72.6 Å². The Labute approximate surface area is 250 Å². The van der Waals surface area contributed by atoms with Crippen LogP contribution in [0.15, 0.2) is 34.9 Å². The van der Waals surface area contributed by atoms with Gasteiger partial charge in [0.05, 0.1) is 33.0 Å². The lowest BCUT2D eigenvalue weighted by Gasteiger charge is -2.42. The van der Waals surface area contributed by atoms with Crippen molar-refractivity contribution >= 4 is 50.7 Å². The molecular weight excluding hydrogens is 590 g/mol. The number of halogens is 3. The van der Waals surface area contributed by atoms with Crippen LogP contribution >= 0.6 is 34.5 Å². The van der Waals surface area contributed by atoms with E-state index in [0.717, 1.165) is 18.1 Å². The number of ether oxygens (including phenoxy) is 1. The highest BCUT2D eigenvalue weighted by Gasteiger charge is 2.59. The summed E-state index contributed by atoms with van der Waals surface area (Å²) >= 11 is 14.2. The highest BCUT2D eigenvalue weighted by Crippen LogP contribution is 2.59. The molecule has 0 aliphatic heterocycles. The Morgan fingerprint density at radius 1 is 1.24 bits per heavy atom. The van der Waals surface area contributed by atoms with E-state index < -0.39 is 17.4 Å². The van der Waals surface area contributed by atoms with E-state index in [1.165, 1.54) is 17.4 Å². The van der Waals surface area contributed by atoms with Gasteiger partial charge in [0, 0.05) is 17.0 Å². The molecule has 6 rings (SSSR count). The predicted molar refractivity (Wildman–Crippen MR) is 155 cm³/mol. The molecule has 0 amide bonds. The van der Waals surface area contributed by atoms with Crippen molar-refractivity contribution < 1.29 is 28.7 Å². The van der Waals surface area contributed by atoms with Gasteiger partial charge in [0.1, 0.15) is 27.6 Å². The van der Waals surface area contributed by atoms with Crippen LogP contribution < -0.4 is 0 Å². The van der Waals surface area contributed by atoms with Crippen molar-refractivity contribution in [2.45, 2.75) is 64.3 Å². The fraction of sp³-hybridized carbons (Fsp3) is 0.433. The van der Waals surface area contributed by atoms with Crippen molar-refractivity contribution in [3.63, 3.8) is 0 Å². The van der Waals surface area contributed by atoms with Crippen LogP contribution in [0.3, 0.4) is 0 Å². The Balaban J connectivity index is 1.27. The van der Waals surface area contributed by atoms with Crippen molar-refractivity contribution in [1.29, 1.82) is 0 Å². The summed E-state index contributed by atoms with van der Waals surface area (Å²) in [5, 5.41) is 27.2.